The SMILES string of the molecule is CCCCONC1CN[C@H](C(=O)OCCCC)CC1(F)F. The lowest BCUT2D eigenvalue weighted by atomic mass is 9.97. The molecule has 1 heterocycles. The molecule has 0 saturated carbocycles. The lowest BCUT2D eigenvalue weighted by Crippen LogP contribution is -2.61. The van der Waals surface area contributed by atoms with E-state index in [1.165, 1.54) is 0 Å². The normalized spacial score (nSPS) is 24.8. The Balaban J connectivity index is 2.37. The van der Waals surface area contributed by atoms with E-state index in [-0.39, 0.29) is 13.2 Å². The van der Waals surface area contributed by atoms with Crippen LogP contribution in [-0.4, -0.2) is 43.7 Å². The molecule has 2 atom stereocenters. The molecular formula is C14H26F2N2O3. The van der Waals surface area contributed by atoms with Gasteiger partial charge in [0, 0.05) is 13.0 Å². The first kappa shape index (κ1) is 18.3. The summed E-state index contributed by atoms with van der Waals surface area (Å²) in [5.41, 5.74) is 2.39. The van der Waals surface area contributed by atoms with Gasteiger partial charge in [0.1, 0.15) is 12.1 Å². The van der Waals surface area contributed by atoms with Gasteiger partial charge in [-0.25, -0.2) is 8.78 Å². The van der Waals surface area contributed by atoms with Crippen molar-refractivity contribution in [3.63, 3.8) is 0 Å². The molecule has 5 nitrogen and oxygen atoms in total. The van der Waals surface area contributed by atoms with Crippen LogP contribution in [0.15, 0.2) is 0 Å². The van der Waals surface area contributed by atoms with E-state index in [9.17, 15) is 13.6 Å². The molecule has 0 amide bonds. The van der Waals surface area contributed by atoms with Gasteiger partial charge in [-0.2, -0.15) is 5.48 Å². The molecule has 1 aliphatic rings. The van der Waals surface area contributed by atoms with Crippen LogP contribution in [0.2, 0.25) is 0 Å². The van der Waals surface area contributed by atoms with Crippen LogP contribution in [0.1, 0.15) is 46.0 Å². The van der Waals surface area contributed by atoms with Crippen molar-refractivity contribution in [3.8, 4) is 0 Å². The van der Waals surface area contributed by atoms with Gasteiger partial charge in [-0.1, -0.05) is 26.7 Å². The molecular weight excluding hydrogens is 282 g/mol. The number of halogens is 2. The van der Waals surface area contributed by atoms with Crippen LogP contribution in [0.3, 0.4) is 0 Å². The first-order valence-corrected chi connectivity index (χ1v) is 7.66. The summed E-state index contributed by atoms with van der Waals surface area (Å²) in [5, 5.41) is 2.80. The number of unbranched alkanes of at least 4 members (excludes halogenated alkanes) is 2. The van der Waals surface area contributed by atoms with Gasteiger partial charge >= 0.3 is 5.97 Å². The number of ether oxygens (including phenoxy) is 1. The fourth-order valence-corrected chi connectivity index (χ4v) is 1.98. The number of rotatable bonds is 9. The average Bonchev–Trinajstić information content (AvgIpc) is 2.44. The van der Waals surface area contributed by atoms with Crippen molar-refractivity contribution in [2.24, 2.45) is 0 Å². The first-order valence-electron chi connectivity index (χ1n) is 7.66. The Morgan fingerprint density at radius 1 is 1.29 bits per heavy atom. The molecule has 7 heteroatoms. The van der Waals surface area contributed by atoms with E-state index in [4.69, 9.17) is 9.57 Å². The van der Waals surface area contributed by atoms with Gasteiger partial charge in [-0.05, 0) is 12.8 Å². The highest BCUT2D eigenvalue weighted by molar-refractivity contribution is 5.76. The lowest BCUT2D eigenvalue weighted by Gasteiger charge is -2.35. The van der Waals surface area contributed by atoms with Crippen molar-refractivity contribution in [1.82, 2.24) is 10.8 Å². The summed E-state index contributed by atoms with van der Waals surface area (Å²) in [6, 6.07) is -2.08. The third-order valence-electron chi connectivity index (χ3n) is 3.41. The van der Waals surface area contributed by atoms with Gasteiger partial charge in [-0.15, -0.1) is 0 Å². The zero-order valence-corrected chi connectivity index (χ0v) is 12.8. The molecule has 2 N–H and O–H groups in total. The molecule has 21 heavy (non-hydrogen) atoms. The van der Waals surface area contributed by atoms with Crippen LogP contribution in [0.5, 0.6) is 0 Å². The summed E-state index contributed by atoms with van der Waals surface area (Å²) >= 11 is 0. The number of piperidine rings is 1. The van der Waals surface area contributed by atoms with E-state index in [1.807, 2.05) is 13.8 Å². The van der Waals surface area contributed by atoms with Crippen molar-refractivity contribution in [3.05, 3.63) is 0 Å². The fraction of sp³-hybridized carbons (Fsp3) is 0.929. The van der Waals surface area contributed by atoms with Crippen LogP contribution in [0, 0.1) is 0 Å². The summed E-state index contributed by atoms with van der Waals surface area (Å²) < 4.78 is 33.0. The maximum Gasteiger partial charge on any atom is 0.323 e. The molecule has 1 rings (SSSR count). The van der Waals surface area contributed by atoms with E-state index in [0.717, 1.165) is 25.7 Å². The minimum absolute atomic E-state index is 0.0351. The molecule has 0 aromatic rings. The standard InChI is InChI=1S/C14H26F2N2O3/c1-3-5-7-20-13(19)11-9-14(15,16)12(10-17-11)18-21-8-6-4-2/h11-12,17-18H,3-10H2,1-2H3/t11-,12?/m0/s1. The predicted octanol–water partition coefficient (Wildman–Crippen LogP) is 2.02. The van der Waals surface area contributed by atoms with E-state index in [1.54, 1.807) is 0 Å². The van der Waals surface area contributed by atoms with Crippen molar-refractivity contribution >= 4 is 5.97 Å². The number of carbonyl (C=O) groups excluding carboxylic acids is 1. The molecule has 1 aliphatic heterocycles. The summed E-state index contributed by atoms with van der Waals surface area (Å²) in [6.07, 6.45) is 2.80. The molecule has 0 spiro atoms. The number of hydrogen-bond donors (Lipinski definition) is 2. The molecule has 1 unspecified atom stereocenters. The second kappa shape index (κ2) is 9.27. The van der Waals surface area contributed by atoms with E-state index < -0.39 is 30.4 Å². The molecule has 0 radical (unpaired) electrons. The third-order valence-corrected chi connectivity index (χ3v) is 3.41. The highest BCUT2D eigenvalue weighted by atomic mass is 19.3. The van der Waals surface area contributed by atoms with Gasteiger partial charge < -0.3 is 14.9 Å². The number of esters is 1. The summed E-state index contributed by atoms with van der Waals surface area (Å²) in [4.78, 5) is 16.7. The monoisotopic (exact) mass is 308 g/mol. The Kier molecular flexibility index (Phi) is 8.06. The van der Waals surface area contributed by atoms with E-state index in [0.29, 0.717) is 6.61 Å². The zero-order valence-electron chi connectivity index (χ0n) is 12.8. The number of carbonyl (C=O) groups is 1. The minimum atomic E-state index is -3.01. The number of alkyl halides is 2. The van der Waals surface area contributed by atoms with Gasteiger partial charge in [0.15, 0.2) is 0 Å². The molecule has 1 fully saturated rings. The van der Waals surface area contributed by atoms with Crippen molar-refractivity contribution in [2.75, 3.05) is 19.8 Å². The molecule has 0 aromatic carbocycles. The Morgan fingerprint density at radius 3 is 2.57 bits per heavy atom. The van der Waals surface area contributed by atoms with Crippen molar-refractivity contribution < 1.29 is 23.1 Å². The maximum atomic E-state index is 14.0. The molecule has 124 valence electrons. The quantitative estimate of drug-likeness (QED) is 0.388. The van der Waals surface area contributed by atoms with E-state index in [2.05, 4.69) is 10.8 Å². The summed E-state index contributed by atoms with van der Waals surface area (Å²) in [7, 11) is 0. The highest BCUT2D eigenvalue weighted by Crippen LogP contribution is 2.28. The number of hydrogen-bond acceptors (Lipinski definition) is 5. The minimum Gasteiger partial charge on any atom is -0.465 e. The molecule has 0 aromatic heterocycles. The average molecular weight is 308 g/mol. The second-order valence-electron chi connectivity index (χ2n) is 5.32. The summed E-state index contributed by atoms with van der Waals surface area (Å²) in [5.74, 6) is -3.61. The van der Waals surface area contributed by atoms with Crippen molar-refractivity contribution in [1.29, 1.82) is 0 Å². The predicted molar refractivity (Wildman–Crippen MR) is 75.0 cm³/mol. The van der Waals surface area contributed by atoms with Crippen LogP contribution >= 0.6 is 0 Å². The van der Waals surface area contributed by atoms with Crippen molar-refractivity contribution in [2.45, 2.75) is 64.0 Å². The van der Waals surface area contributed by atoms with Gasteiger partial charge in [0.05, 0.1) is 13.2 Å². The molecule has 1 saturated heterocycles. The smallest absolute Gasteiger partial charge is 0.323 e. The van der Waals surface area contributed by atoms with Crippen LogP contribution in [0.25, 0.3) is 0 Å². The maximum absolute atomic E-state index is 14.0. The number of hydroxylamine groups is 1. The lowest BCUT2D eigenvalue weighted by molar-refractivity contribution is -0.158. The topological polar surface area (TPSA) is 59.6 Å². The fourth-order valence-electron chi connectivity index (χ4n) is 1.98. The molecule has 0 bridgehead atoms. The van der Waals surface area contributed by atoms with Crippen LogP contribution in [0.4, 0.5) is 8.78 Å². The van der Waals surface area contributed by atoms with Crippen LogP contribution in [-0.2, 0) is 14.4 Å². The Hall–Kier alpha value is -0.790. The van der Waals surface area contributed by atoms with E-state index >= 15 is 0 Å². The third kappa shape index (κ3) is 6.23. The van der Waals surface area contributed by atoms with Gasteiger partial charge in [0.2, 0.25) is 0 Å². The van der Waals surface area contributed by atoms with Gasteiger partial charge in [0.25, 0.3) is 5.92 Å². The highest BCUT2D eigenvalue weighted by Gasteiger charge is 2.47. The first-order chi connectivity index (χ1) is 10.0. The van der Waals surface area contributed by atoms with Gasteiger partial charge in [-0.3, -0.25) is 4.79 Å². The Bertz CT molecular complexity index is 317. The molecule has 0 aliphatic carbocycles. The Labute approximate surface area is 124 Å². The van der Waals surface area contributed by atoms with Crippen LogP contribution < -0.4 is 10.8 Å². The second-order valence-corrected chi connectivity index (χ2v) is 5.32. The largest absolute Gasteiger partial charge is 0.465 e. The Morgan fingerprint density at radius 2 is 1.95 bits per heavy atom. The number of nitrogens with one attached hydrogen (secondary N) is 2. The summed E-state index contributed by atoms with van der Waals surface area (Å²) in [6.45, 7) is 4.60. The zero-order chi connectivity index (χ0) is 15.7.